The van der Waals surface area contributed by atoms with Crippen molar-refractivity contribution in [2.24, 2.45) is 34.8 Å². The molecule has 4 nitrogen and oxygen atoms in total. The molecule has 0 bridgehead atoms. The van der Waals surface area contributed by atoms with E-state index >= 15 is 0 Å². The molecule has 0 radical (unpaired) electrons. The molecule has 0 spiro atoms. The molecule has 1 aromatic heterocycles. The maximum absolute atomic E-state index is 5.80. The van der Waals surface area contributed by atoms with E-state index in [2.05, 4.69) is 49.7 Å². The zero-order valence-electron chi connectivity index (χ0n) is 18.9. The number of nitrogens with two attached hydrogens (primary N) is 1. The third-order valence-corrected chi connectivity index (χ3v) is 6.62. The van der Waals surface area contributed by atoms with Crippen LogP contribution in [0.25, 0.3) is 0 Å². The van der Waals surface area contributed by atoms with Crippen LogP contribution in [0.3, 0.4) is 0 Å². The highest BCUT2D eigenvalue weighted by Gasteiger charge is 2.33. The third kappa shape index (κ3) is 8.06. The topological polar surface area (TPSA) is 55.0 Å². The van der Waals surface area contributed by atoms with Gasteiger partial charge in [-0.05, 0) is 67.4 Å². The zero-order valence-corrected chi connectivity index (χ0v) is 18.9. The van der Waals surface area contributed by atoms with Gasteiger partial charge in [-0.2, -0.15) is 10.2 Å². The Bertz CT molecular complexity index is 503. The summed E-state index contributed by atoms with van der Waals surface area (Å²) in [6.45, 7) is 19.1. The van der Waals surface area contributed by atoms with Crippen LogP contribution in [0.15, 0.2) is 18.5 Å². The molecule has 0 amide bonds. The minimum atomic E-state index is 0. The van der Waals surface area contributed by atoms with E-state index in [1.165, 1.54) is 31.4 Å². The fourth-order valence-electron chi connectivity index (χ4n) is 4.33. The molecule has 1 aliphatic carbocycles. The molecule has 164 valence electrons. The average molecular weight is 393 g/mol. The maximum atomic E-state index is 5.80. The summed E-state index contributed by atoms with van der Waals surface area (Å²) in [7, 11) is 0. The van der Waals surface area contributed by atoms with Crippen molar-refractivity contribution in [1.29, 1.82) is 0 Å². The van der Waals surface area contributed by atoms with Crippen LogP contribution in [-0.4, -0.2) is 29.8 Å². The van der Waals surface area contributed by atoms with E-state index in [9.17, 15) is 0 Å². The fourth-order valence-corrected chi connectivity index (χ4v) is 4.33. The molecular formula is C24H48N4. The van der Waals surface area contributed by atoms with E-state index < -0.39 is 0 Å². The van der Waals surface area contributed by atoms with Gasteiger partial charge in [0.15, 0.2) is 0 Å². The average Bonchev–Trinajstić information content (AvgIpc) is 3.07. The summed E-state index contributed by atoms with van der Waals surface area (Å²) in [6, 6.07) is 2.02. The number of hydrogen-bond acceptors (Lipinski definition) is 4. The van der Waals surface area contributed by atoms with E-state index in [0.717, 1.165) is 43.3 Å². The number of nitrogens with zero attached hydrogens (tertiary/aromatic N) is 3. The van der Waals surface area contributed by atoms with Crippen LogP contribution < -0.4 is 10.6 Å². The van der Waals surface area contributed by atoms with Crippen LogP contribution >= 0.6 is 0 Å². The van der Waals surface area contributed by atoms with Gasteiger partial charge in [-0.15, -0.1) is 0 Å². The first-order valence-corrected chi connectivity index (χ1v) is 11.0. The Balaban J connectivity index is 0.000000464. The van der Waals surface area contributed by atoms with Gasteiger partial charge < -0.3 is 10.6 Å². The van der Waals surface area contributed by atoms with Crippen molar-refractivity contribution in [2.75, 3.05) is 24.5 Å². The van der Waals surface area contributed by atoms with Gasteiger partial charge in [0.05, 0.1) is 18.1 Å². The van der Waals surface area contributed by atoms with Crippen LogP contribution in [0, 0.1) is 29.1 Å². The second kappa shape index (κ2) is 13.1. The lowest BCUT2D eigenvalue weighted by Gasteiger charge is -2.31. The van der Waals surface area contributed by atoms with Gasteiger partial charge in [-0.1, -0.05) is 55.9 Å². The van der Waals surface area contributed by atoms with Crippen molar-refractivity contribution in [3.05, 3.63) is 18.5 Å². The first-order chi connectivity index (χ1) is 12.8. The van der Waals surface area contributed by atoms with Gasteiger partial charge in [-0.3, -0.25) is 0 Å². The SMILES string of the molecule is C.CC.CC1CC(C)(C)C(C)CCC1CN.C[C@H]1CCN(c2ccnnc2)C1. The Morgan fingerprint density at radius 3 is 2.29 bits per heavy atom. The normalized spacial score (nSPS) is 28.6. The van der Waals surface area contributed by atoms with E-state index in [4.69, 9.17) is 5.73 Å². The van der Waals surface area contributed by atoms with Gasteiger partial charge in [0.25, 0.3) is 0 Å². The second-order valence-corrected chi connectivity index (χ2v) is 9.08. The fraction of sp³-hybridized carbons (Fsp3) is 0.833. The van der Waals surface area contributed by atoms with Crippen molar-refractivity contribution in [3.63, 3.8) is 0 Å². The summed E-state index contributed by atoms with van der Waals surface area (Å²) in [5.41, 5.74) is 7.52. The van der Waals surface area contributed by atoms with Gasteiger partial charge >= 0.3 is 0 Å². The molecule has 1 saturated heterocycles. The predicted molar refractivity (Wildman–Crippen MR) is 125 cm³/mol. The van der Waals surface area contributed by atoms with E-state index in [0.29, 0.717) is 5.41 Å². The maximum Gasteiger partial charge on any atom is 0.0729 e. The second-order valence-electron chi connectivity index (χ2n) is 9.08. The number of rotatable bonds is 2. The third-order valence-electron chi connectivity index (χ3n) is 6.62. The Kier molecular flexibility index (Phi) is 12.6. The van der Waals surface area contributed by atoms with Gasteiger partial charge in [-0.25, -0.2) is 0 Å². The standard InChI is InChI=1S/C12H25N.C9H13N3.C2H6.CH4/c1-9-7-12(3,4)10(2)5-6-11(9)8-13;1-8-3-5-12(7-8)9-2-4-10-11-6-9;1-2;/h9-11H,5-8,13H2,1-4H3;2,4,6,8H,3,5,7H2,1H3;1-2H3;1H4/t;8-;;/m.0../s1. The van der Waals surface area contributed by atoms with Crippen LogP contribution in [0.1, 0.15) is 81.6 Å². The van der Waals surface area contributed by atoms with Gasteiger partial charge in [0.2, 0.25) is 0 Å². The molecule has 3 rings (SSSR count). The van der Waals surface area contributed by atoms with Crippen molar-refractivity contribution in [3.8, 4) is 0 Å². The first kappa shape index (κ1) is 26.8. The quantitative estimate of drug-likeness (QED) is 0.624. The summed E-state index contributed by atoms with van der Waals surface area (Å²) >= 11 is 0. The predicted octanol–water partition coefficient (Wildman–Crippen LogP) is 6.03. The van der Waals surface area contributed by atoms with Crippen molar-refractivity contribution in [2.45, 2.75) is 81.6 Å². The van der Waals surface area contributed by atoms with Crippen LogP contribution in [0.4, 0.5) is 5.69 Å². The van der Waals surface area contributed by atoms with Crippen molar-refractivity contribution in [1.82, 2.24) is 10.2 Å². The molecule has 2 N–H and O–H groups in total. The highest BCUT2D eigenvalue weighted by atomic mass is 15.2. The van der Waals surface area contributed by atoms with Crippen LogP contribution in [0.5, 0.6) is 0 Å². The van der Waals surface area contributed by atoms with Crippen molar-refractivity contribution >= 4 is 5.69 Å². The largest absolute Gasteiger partial charge is 0.370 e. The minimum absolute atomic E-state index is 0. The molecule has 3 unspecified atom stereocenters. The van der Waals surface area contributed by atoms with Gasteiger partial charge in [0, 0.05) is 13.1 Å². The van der Waals surface area contributed by atoms with E-state index in [-0.39, 0.29) is 7.43 Å². The Labute approximate surface area is 175 Å². The Morgan fingerprint density at radius 2 is 1.79 bits per heavy atom. The molecule has 2 heterocycles. The number of hydrogen-bond donors (Lipinski definition) is 1. The van der Waals surface area contributed by atoms with Crippen LogP contribution in [-0.2, 0) is 0 Å². The highest BCUT2D eigenvalue weighted by molar-refractivity contribution is 5.43. The molecule has 2 fully saturated rings. The monoisotopic (exact) mass is 392 g/mol. The molecule has 0 aromatic carbocycles. The lowest BCUT2D eigenvalue weighted by molar-refractivity contribution is 0.188. The molecule has 1 aliphatic heterocycles. The van der Waals surface area contributed by atoms with E-state index in [1.807, 2.05) is 26.1 Å². The highest BCUT2D eigenvalue weighted by Crippen LogP contribution is 2.43. The lowest BCUT2D eigenvalue weighted by Crippen LogP contribution is -2.24. The number of aromatic nitrogens is 2. The Hall–Kier alpha value is -1.16. The van der Waals surface area contributed by atoms with Gasteiger partial charge in [0.1, 0.15) is 0 Å². The smallest absolute Gasteiger partial charge is 0.0729 e. The molecule has 4 atom stereocenters. The summed E-state index contributed by atoms with van der Waals surface area (Å²) < 4.78 is 0. The summed E-state index contributed by atoms with van der Waals surface area (Å²) in [4.78, 5) is 2.36. The summed E-state index contributed by atoms with van der Waals surface area (Å²) in [6.07, 6.45) is 8.91. The summed E-state index contributed by atoms with van der Waals surface area (Å²) in [5.74, 6) is 3.25. The van der Waals surface area contributed by atoms with Crippen LogP contribution in [0.2, 0.25) is 0 Å². The molecular weight excluding hydrogens is 344 g/mol. The van der Waals surface area contributed by atoms with E-state index in [1.54, 1.807) is 6.20 Å². The first-order valence-electron chi connectivity index (χ1n) is 11.0. The Morgan fingerprint density at radius 1 is 1.11 bits per heavy atom. The zero-order chi connectivity index (χ0) is 20.4. The molecule has 4 heteroatoms. The molecule has 28 heavy (non-hydrogen) atoms. The number of anilines is 1. The molecule has 1 saturated carbocycles. The molecule has 2 aliphatic rings. The van der Waals surface area contributed by atoms with Crippen molar-refractivity contribution < 1.29 is 0 Å². The minimum Gasteiger partial charge on any atom is -0.370 e. The lowest BCUT2D eigenvalue weighted by atomic mass is 9.74. The summed E-state index contributed by atoms with van der Waals surface area (Å²) in [5, 5.41) is 7.62. The molecule has 1 aromatic rings.